The van der Waals surface area contributed by atoms with Gasteiger partial charge in [0.2, 0.25) is 23.4 Å². The largest absolute Gasteiger partial charge is 0.480 e. The number of hydrogen-bond donors (Lipinski definition) is 10. The van der Waals surface area contributed by atoms with Gasteiger partial charge in [-0.1, -0.05) is 21.6 Å². The lowest BCUT2D eigenvalue weighted by Gasteiger charge is -2.31. The van der Waals surface area contributed by atoms with Gasteiger partial charge in [-0.2, -0.15) is 4.98 Å². The molecule has 2 saturated heterocycles. The summed E-state index contributed by atoms with van der Waals surface area (Å²) in [6, 6.07) is 2.71. The Bertz CT molecular complexity index is 2590. The minimum atomic E-state index is -1.47. The molecule has 2 aromatic heterocycles. The highest BCUT2D eigenvalue weighted by atomic mass is 33.1. The number of nitrogen functional groups attached to an aromatic ring is 1. The van der Waals surface area contributed by atoms with E-state index in [4.69, 9.17) is 20.9 Å². The van der Waals surface area contributed by atoms with E-state index in [1.807, 2.05) is 4.90 Å². The van der Waals surface area contributed by atoms with Crippen LogP contribution in [0.1, 0.15) is 35.8 Å². The van der Waals surface area contributed by atoms with E-state index in [1.54, 1.807) is 19.1 Å². The summed E-state index contributed by atoms with van der Waals surface area (Å²) < 4.78 is 10.9. The number of rotatable bonds is 21. The molecule has 12 N–H and O–H groups in total. The number of aromatic nitrogens is 4. The Kier molecular flexibility index (Phi) is 13.6. The van der Waals surface area contributed by atoms with Crippen LogP contribution in [0.3, 0.4) is 0 Å². The zero-order chi connectivity index (χ0) is 46.7. The summed E-state index contributed by atoms with van der Waals surface area (Å²) in [5.74, 6) is -5.41. The molecule has 3 aliphatic heterocycles. The topological polar surface area (TPSA) is 375 Å². The Morgan fingerprint density at radius 1 is 1.02 bits per heavy atom. The van der Waals surface area contributed by atoms with Crippen molar-refractivity contribution >= 4 is 85.8 Å². The van der Waals surface area contributed by atoms with Crippen LogP contribution in [-0.2, 0) is 40.0 Å². The number of ether oxygens (including phenoxy) is 2. The van der Waals surface area contributed by atoms with Crippen molar-refractivity contribution in [3.8, 4) is 0 Å². The molecule has 344 valence electrons. The molecule has 0 bridgehead atoms. The fourth-order valence-electron chi connectivity index (χ4n) is 8.08. The molecule has 24 nitrogen and oxygen atoms in total. The van der Waals surface area contributed by atoms with Crippen molar-refractivity contribution in [1.82, 2.24) is 46.1 Å². The maximum absolute atomic E-state index is 13.9. The third-order valence-corrected chi connectivity index (χ3v) is 13.7. The van der Waals surface area contributed by atoms with Crippen LogP contribution in [0.15, 0.2) is 57.8 Å². The van der Waals surface area contributed by atoms with Crippen LogP contribution >= 0.6 is 21.6 Å². The summed E-state index contributed by atoms with van der Waals surface area (Å²) in [7, 11) is 3.92. The molecule has 26 heteroatoms. The molecule has 1 aromatic carbocycles. The standard InChI is InChI=1S/C39H44N12O12S2/c1-16-26(30(54)25-20(14-63-38(41)61)31-39(62-2)23(50-39)13-51(31)28(25)29(16)53)42-9-10-64-65-15-22(36(59)60)46-24(52)8-7-21(35(57)58)47-33(55)17-3-5-18(6-4-17)43-11-19-12-44-32-27(45-19)34(56)49-37(40)48-32/h3-6,12,20-23,31,42-43,50H,7-11,13-15H2,1-2H3,(H2,41,61)(H,46,52)(H,47,55)(H,57,58)(H,59,60)(H3,40,44,48,49,56)/t20-,21-,22-,23+,31?,39-/m1/s1. The molecule has 3 aromatic rings. The second-order valence-electron chi connectivity index (χ2n) is 15.3. The van der Waals surface area contributed by atoms with Gasteiger partial charge in [0.25, 0.3) is 11.5 Å². The van der Waals surface area contributed by atoms with Gasteiger partial charge in [-0.05, 0) is 37.6 Å². The zero-order valence-electron chi connectivity index (χ0n) is 34.7. The number of carbonyl (C=O) groups excluding carboxylic acids is 5. The third-order valence-electron chi connectivity index (χ3n) is 11.2. The lowest BCUT2D eigenvalue weighted by molar-refractivity contribution is -0.142. The number of aromatic amines is 1. The van der Waals surface area contributed by atoms with Gasteiger partial charge < -0.3 is 57.3 Å². The third kappa shape index (κ3) is 9.69. The highest BCUT2D eigenvalue weighted by Gasteiger charge is 2.73. The number of nitrogens with one attached hydrogen (secondary N) is 6. The lowest BCUT2D eigenvalue weighted by Crippen LogP contribution is -2.47. The van der Waals surface area contributed by atoms with E-state index in [0.29, 0.717) is 23.7 Å². The number of Topliss-reactive ketones (excluding diaryl/α,β-unsaturated/α-hetero) is 2. The number of fused-ring (bicyclic) bond motifs is 5. The van der Waals surface area contributed by atoms with Gasteiger partial charge in [0.05, 0.1) is 41.9 Å². The van der Waals surface area contributed by atoms with E-state index in [9.17, 15) is 48.6 Å². The van der Waals surface area contributed by atoms with E-state index in [-0.39, 0.29) is 88.9 Å². The number of H-pyrrole nitrogens is 1. The van der Waals surface area contributed by atoms with Gasteiger partial charge in [0, 0.05) is 66.4 Å². The molecule has 65 heavy (non-hydrogen) atoms. The minimum Gasteiger partial charge on any atom is -0.480 e. The van der Waals surface area contributed by atoms with E-state index in [1.165, 1.54) is 36.2 Å². The summed E-state index contributed by atoms with van der Waals surface area (Å²) in [5.41, 5.74) is 11.5. The molecule has 3 amide bonds. The van der Waals surface area contributed by atoms with Gasteiger partial charge >= 0.3 is 18.0 Å². The predicted molar refractivity (Wildman–Crippen MR) is 233 cm³/mol. The molecule has 7 rings (SSSR count). The Labute approximate surface area is 375 Å². The molecular weight excluding hydrogens is 893 g/mol. The zero-order valence-corrected chi connectivity index (χ0v) is 36.3. The van der Waals surface area contributed by atoms with Crippen molar-refractivity contribution in [2.24, 2.45) is 11.7 Å². The number of anilines is 2. The molecule has 1 aliphatic carbocycles. The van der Waals surface area contributed by atoms with Crippen LogP contribution in [-0.4, -0.2) is 145 Å². The number of amides is 3. The molecule has 1 unspecified atom stereocenters. The monoisotopic (exact) mass is 936 g/mol. The van der Waals surface area contributed by atoms with Crippen LogP contribution in [0.5, 0.6) is 0 Å². The normalized spacial score (nSPS) is 21.6. The van der Waals surface area contributed by atoms with E-state index in [2.05, 4.69) is 46.5 Å². The summed E-state index contributed by atoms with van der Waals surface area (Å²) in [4.78, 5) is 117. The van der Waals surface area contributed by atoms with Crippen molar-refractivity contribution in [3.05, 3.63) is 74.6 Å². The number of carboxylic acid groups (broad SMARTS) is 2. The van der Waals surface area contributed by atoms with Gasteiger partial charge in [-0.3, -0.25) is 34.3 Å². The van der Waals surface area contributed by atoms with Crippen molar-refractivity contribution in [3.63, 3.8) is 0 Å². The first kappa shape index (κ1) is 46.2. The first-order valence-electron chi connectivity index (χ1n) is 20.0. The average molecular weight is 937 g/mol. The molecule has 5 heterocycles. The first-order valence-corrected chi connectivity index (χ1v) is 22.5. The highest BCUT2D eigenvalue weighted by Crippen LogP contribution is 2.54. The number of nitrogens with two attached hydrogens (primary N) is 2. The molecule has 0 saturated carbocycles. The summed E-state index contributed by atoms with van der Waals surface area (Å²) in [5, 5.41) is 33.7. The van der Waals surface area contributed by atoms with E-state index < -0.39 is 77.4 Å². The summed E-state index contributed by atoms with van der Waals surface area (Å²) in [6.45, 7) is 2.13. The second kappa shape index (κ2) is 19.1. The Morgan fingerprint density at radius 3 is 2.45 bits per heavy atom. The van der Waals surface area contributed by atoms with Gasteiger partial charge in [-0.15, -0.1) is 0 Å². The second-order valence-corrected chi connectivity index (χ2v) is 17.9. The minimum absolute atomic E-state index is 0.0163. The number of benzene rings is 1. The van der Waals surface area contributed by atoms with Crippen LogP contribution in [0, 0.1) is 5.92 Å². The summed E-state index contributed by atoms with van der Waals surface area (Å²) >= 11 is 0. The van der Waals surface area contributed by atoms with E-state index >= 15 is 0 Å². The Morgan fingerprint density at radius 2 is 1.75 bits per heavy atom. The van der Waals surface area contributed by atoms with Crippen LogP contribution in [0.2, 0.25) is 0 Å². The number of ketones is 2. The Hall–Kier alpha value is -6.77. The van der Waals surface area contributed by atoms with Crippen LogP contribution in [0.4, 0.5) is 16.4 Å². The molecular formula is C39H44N12O12S2. The number of carboxylic acids is 2. The van der Waals surface area contributed by atoms with Gasteiger partial charge in [-0.25, -0.2) is 24.4 Å². The van der Waals surface area contributed by atoms with Gasteiger partial charge in [0.1, 0.15) is 18.7 Å². The van der Waals surface area contributed by atoms with Crippen molar-refractivity contribution in [2.45, 2.75) is 56.2 Å². The molecule has 6 atom stereocenters. The quantitative estimate of drug-likeness (QED) is 0.0260. The Balaban J connectivity index is 0.837. The van der Waals surface area contributed by atoms with Crippen molar-refractivity contribution < 1.29 is 53.2 Å². The smallest absolute Gasteiger partial charge is 0.404 e. The number of nitrogens with zero attached hydrogens (tertiary/aromatic N) is 4. The average Bonchev–Trinajstić information content (AvgIpc) is 3.73. The molecule has 0 radical (unpaired) electrons. The number of allylic oxidation sites excluding steroid dienone is 2. The van der Waals surface area contributed by atoms with Gasteiger partial charge in [0.15, 0.2) is 16.9 Å². The summed E-state index contributed by atoms with van der Waals surface area (Å²) in [6.07, 6.45) is -0.329. The predicted octanol–water partition coefficient (Wildman–Crippen LogP) is -1.19. The fraction of sp³-hybridized carbons (Fsp3) is 0.410. The molecule has 4 aliphatic rings. The maximum Gasteiger partial charge on any atom is 0.404 e. The number of hydrogen-bond acceptors (Lipinski definition) is 20. The SMILES string of the molecule is CO[C@]12N[C@H]1CN1C3=C(C(=O)C(NCCSSC[C@@H](NC(=O)CC[C@@H](NC(=O)c4ccc(NCc5cnc6nc(N)[nH]c(=O)c6n5)cc4)C(=O)O)C(=O)O)=C(C)C3=O)[C@@H](COC(N)=O)C12. The number of aliphatic carboxylic acids is 2. The highest BCUT2D eigenvalue weighted by molar-refractivity contribution is 8.76. The number of primary amides is 1. The van der Waals surface area contributed by atoms with Crippen LogP contribution < -0.4 is 43.6 Å². The lowest BCUT2D eigenvalue weighted by atomic mass is 9.83. The number of piperazine rings is 1. The van der Waals surface area contributed by atoms with Crippen LogP contribution in [0.25, 0.3) is 11.2 Å². The van der Waals surface area contributed by atoms with Crippen molar-refractivity contribution in [2.75, 3.05) is 49.4 Å². The van der Waals surface area contributed by atoms with Crippen molar-refractivity contribution in [1.29, 1.82) is 0 Å². The molecule has 2 fully saturated rings. The maximum atomic E-state index is 13.9. The number of methoxy groups -OCH3 is 1. The molecule has 0 spiro atoms. The fourth-order valence-corrected chi connectivity index (χ4v) is 10.1. The van der Waals surface area contributed by atoms with E-state index in [0.717, 1.165) is 10.8 Å². The first-order chi connectivity index (χ1) is 31.0. The number of carbonyl (C=O) groups is 7.